The number of nitrogens with one attached hydrogen (secondary N) is 3. The lowest BCUT2D eigenvalue weighted by Gasteiger charge is -2.11. The number of anilines is 3. The molecule has 2 amide bonds. The Hall–Kier alpha value is -4.40. The standard InChI is InChI=1S/C21H18N6O3/c1-30-16-8-3-2-7-15(16)27-21(29)26-13-6-4-5-12(9-13)18(28)14-10-23-20-17(14)19(22)24-11-25-20/h2-11H,1H3,(H2,26,27,29)(H3,22,23,24,25). The van der Waals surface area contributed by atoms with E-state index in [-0.39, 0.29) is 11.6 Å². The highest BCUT2D eigenvalue weighted by molar-refractivity contribution is 6.18. The molecule has 0 aliphatic rings. The van der Waals surface area contributed by atoms with E-state index in [2.05, 4.69) is 25.6 Å². The molecule has 9 nitrogen and oxygen atoms in total. The van der Waals surface area contributed by atoms with Crippen LogP contribution in [0.3, 0.4) is 0 Å². The zero-order valence-corrected chi connectivity index (χ0v) is 16.0. The molecular formula is C21H18N6O3. The smallest absolute Gasteiger partial charge is 0.323 e. The molecule has 0 atom stereocenters. The van der Waals surface area contributed by atoms with E-state index < -0.39 is 6.03 Å². The molecule has 0 fully saturated rings. The molecule has 0 aliphatic carbocycles. The molecule has 4 aromatic rings. The number of fused-ring (bicyclic) bond motifs is 1. The first kappa shape index (κ1) is 18.9. The van der Waals surface area contributed by atoms with Gasteiger partial charge in [-0.1, -0.05) is 24.3 Å². The first-order valence-corrected chi connectivity index (χ1v) is 9.00. The zero-order valence-electron chi connectivity index (χ0n) is 16.0. The number of nitrogens with two attached hydrogens (primary N) is 1. The fourth-order valence-corrected chi connectivity index (χ4v) is 3.09. The van der Waals surface area contributed by atoms with Gasteiger partial charge in [-0.3, -0.25) is 4.79 Å². The van der Waals surface area contributed by atoms with Crippen molar-refractivity contribution >= 4 is 40.0 Å². The number of aromatic amines is 1. The molecule has 30 heavy (non-hydrogen) atoms. The number of ether oxygens (including phenoxy) is 1. The van der Waals surface area contributed by atoms with Gasteiger partial charge in [-0.15, -0.1) is 0 Å². The van der Waals surface area contributed by atoms with Crippen LogP contribution in [0.2, 0.25) is 0 Å². The van der Waals surface area contributed by atoms with E-state index in [0.29, 0.717) is 39.3 Å². The number of H-pyrrole nitrogens is 1. The Morgan fingerprint density at radius 3 is 2.73 bits per heavy atom. The van der Waals surface area contributed by atoms with Crippen LogP contribution in [0.5, 0.6) is 5.75 Å². The summed E-state index contributed by atoms with van der Waals surface area (Å²) in [6.07, 6.45) is 2.87. The normalized spacial score (nSPS) is 10.6. The van der Waals surface area contributed by atoms with Crippen molar-refractivity contribution in [3.8, 4) is 5.75 Å². The van der Waals surface area contributed by atoms with Gasteiger partial charge in [0.05, 0.1) is 23.7 Å². The maximum Gasteiger partial charge on any atom is 0.323 e. The number of urea groups is 1. The number of nitrogen functional groups attached to an aromatic ring is 1. The van der Waals surface area contributed by atoms with Crippen molar-refractivity contribution in [3.63, 3.8) is 0 Å². The first-order valence-electron chi connectivity index (χ1n) is 9.00. The number of carbonyl (C=O) groups is 2. The summed E-state index contributed by atoms with van der Waals surface area (Å²) in [5.74, 6) is 0.488. The summed E-state index contributed by atoms with van der Waals surface area (Å²) in [6.45, 7) is 0. The van der Waals surface area contributed by atoms with Crippen molar-refractivity contribution in [2.45, 2.75) is 0 Å². The van der Waals surface area contributed by atoms with E-state index in [4.69, 9.17) is 10.5 Å². The lowest BCUT2D eigenvalue weighted by molar-refractivity contribution is 0.104. The van der Waals surface area contributed by atoms with E-state index in [1.54, 1.807) is 54.7 Å². The number of aromatic nitrogens is 3. The number of nitrogens with zero attached hydrogens (tertiary/aromatic N) is 2. The SMILES string of the molecule is COc1ccccc1NC(=O)Nc1cccc(C(=O)c2c[nH]c3ncnc(N)c23)c1. The number of para-hydroxylation sites is 2. The largest absolute Gasteiger partial charge is 0.495 e. The molecule has 0 radical (unpaired) electrons. The molecule has 0 unspecified atom stereocenters. The quantitative estimate of drug-likeness (QED) is 0.378. The minimum absolute atomic E-state index is 0.218. The number of amides is 2. The van der Waals surface area contributed by atoms with Crippen LogP contribution in [0.25, 0.3) is 11.0 Å². The van der Waals surface area contributed by atoms with Crippen molar-refractivity contribution in [1.82, 2.24) is 15.0 Å². The van der Waals surface area contributed by atoms with Crippen molar-refractivity contribution in [1.29, 1.82) is 0 Å². The second kappa shape index (κ2) is 7.92. The van der Waals surface area contributed by atoms with Crippen molar-refractivity contribution in [3.05, 3.63) is 72.2 Å². The first-order chi connectivity index (χ1) is 14.6. The minimum Gasteiger partial charge on any atom is -0.495 e. The van der Waals surface area contributed by atoms with Crippen molar-refractivity contribution < 1.29 is 14.3 Å². The maximum atomic E-state index is 13.0. The van der Waals surface area contributed by atoms with Crippen LogP contribution < -0.4 is 21.1 Å². The summed E-state index contributed by atoms with van der Waals surface area (Å²) in [5.41, 5.74) is 8.12. The predicted octanol–water partition coefficient (Wildman–Crippen LogP) is 3.42. The molecular weight excluding hydrogens is 384 g/mol. The Labute approximate surface area is 171 Å². The molecule has 0 aliphatic heterocycles. The molecule has 2 heterocycles. The fourth-order valence-electron chi connectivity index (χ4n) is 3.09. The van der Waals surface area contributed by atoms with Gasteiger partial charge in [-0.05, 0) is 24.3 Å². The third-order valence-corrected chi connectivity index (χ3v) is 4.48. The number of benzene rings is 2. The van der Waals surface area contributed by atoms with Crippen LogP contribution in [-0.4, -0.2) is 33.9 Å². The fraction of sp³-hybridized carbons (Fsp3) is 0.0476. The Balaban J connectivity index is 1.55. The molecule has 2 aromatic heterocycles. The molecule has 0 saturated carbocycles. The van der Waals surface area contributed by atoms with E-state index >= 15 is 0 Å². The highest BCUT2D eigenvalue weighted by Gasteiger charge is 2.18. The molecule has 5 N–H and O–H groups in total. The number of carbonyl (C=O) groups excluding carboxylic acids is 2. The summed E-state index contributed by atoms with van der Waals surface area (Å²) in [7, 11) is 1.52. The van der Waals surface area contributed by atoms with Crippen LogP contribution in [0.15, 0.2) is 61.1 Å². The van der Waals surface area contributed by atoms with Gasteiger partial charge in [0.1, 0.15) is 23.5 Å². The van der Waals surface area contributed by atoms with Crippen molar-refractivity contribution in [2.75, 3.05) is 23.5 Å². The second-order valence-corrected chi connectivity index (χ2v) is 6.37. The van der Waals surface area contributed by atoms with Gasteiger partial charge in [0.25, 0.3) is 0 Å². The summed E-state index contributed by atoms with van der Waals surface area (Å²) in [6, 6.07) is 13.2. The van der Waals surface area contributed by atoms with E-state index in [0.717, 1.165) is 0 Å². The van der Waals surface area contributed by atoms with Crippen LogP contribution >= 0.6 is 0 Å². The monoisotopic (exact) mass is 402 g/mol. The van der Waals surface area contributed by atoms with Crippen LogP contribution in [0, 0.1) is 0 Å². The summed E-state index contributed by atoms with van der Waals surface area (Å²) >= 11 is 0. The van der Waals surface area contributed by atoms with Gasteiger partial charge in [-0.2, -0.15) is 0 Å². The van der Waals surface area contributed by atoms with E-state index in [1.165, 1.54) is 13.4 Å². The molecule has 2 aromatic carbocycles. The lowest BCUT2D eigenvalue weighted by atomic mass is 10.0. The van der Waals surface area contributed by atoms with E-state index in [1.807, 2.05) is 0 Å². The lowest BCUT2D eigenvalue weighted by Crippen LogP contribution is -2.20. The third kappa shape index (κ3) is 3.63. The van der Waals surface area contributed by atoms with Gasteiger partial charge in [0.15, 0.2) is 5.78 Å². The highest BCUT2D eigenvalue weighted by Crippen LogP contribution is 2.25. The summed E-state index contributed by atoms with van der Waals surface area (Å²) in [4.78, 5) is 36.3. The van der Waals surface area contributed by atoms with Gasteiger partial charge in [0, 0.05) is 17.4 Å². The Bertz CT molecular complexity index is 1250. The van der Waals surface area contributed by atoms with Gasteiger partial charge >= 0.3 is 6.03 Å². The Morgan fingerprint density at radius 2 is 1.90 bits per heavy atom. The average molecular weight is 402 g/mol. The molecule has 4 rings (SSSR count). The van der Waals surface area contributed by atoms with Crippen LogP contribution in [-0.2, 0) is 0 Å². The number of hydrogen-bond donors (Lipinski definition) is 4. The minimum atomic E-state index is -0.464. The topological polar surface area (TPSA) is 135 Å². The maximum absolute atomic E-state index is 13.0. The van der Waals surface area contributed by atoms with Crippen LogP contribution in [0.4, 0.5) is 22.0 Å². The Kier molecular flexibility index (Phi) is 5.00. The Morgan fingerprint density at radius 1 is 1.07 bits per heavy atom. The second-order valence-electron chi connectivity index (χ2n) is 6.37. The summed E-state index contributed by atoms with van der Waals surface area (Å²) in [5, 5.41) is 5.90. The van der Waals surface area contributed by atoms with Gasteiger partial charge < -0.3 is 26.1 Å². The van der Waals surface area contributed by atoms with Gasteiger partial charge in [-0.25, -0.2) is 14.8 Å². The number of ketones is 1. The molecule has 0 spiro atoms. The number of methoxy groups -OCH3 is 1. The molecule has 150 valence electrons. The zero-order chi connectivity index (χ0) is 21.1. The highest BCUT2D eigenvalue weighted by atomic mass is 16.5. The van der Waals surface area contributed by atoms with Crippen LogP contribution in [0.1, 0.15) is 15.9 Å². The molecule has 0 bridgehead atoms. The number of hydrogen-bond acceptors (Lipinski definition) is 6. The van der Waals surface area contributed by atoms with Crippen molar-refractivity contribution in [2.24, 2.45) is 0 Å². The van der Waals surface area contributed by atoms with Gasteiger partial charge in [0.2, 0.25) is 0 Å². The average Bonchev–Trinajstić information content (AvgIpc) is 3.19. The number of rotatable bonds is 5. The molecule has 0 saturated heterocycles. The predicted molar refractivity (Wildman–Crippen MR) is 114 cm³/mol. The summed E-state index contributed by atoms with van der Waals surface area (Å²) < 4.78 is 5.22. The third-order valence-electron chi connectivity index (χ3n) is 4.48. The van der Waals surface area contributed by atoms with E-state index in [9.17, 15) is 9.59 Å². The molecule has 9 heteroatoms.